The van der Waals surface area contributed by atoms with Crippen molar-refractivity contribution in [2.24, 2.45) is 0 Å². The number of hydrogen-bond acceptors (Lipinski definition) is 5. The summed E-state index contributed by atoms with van der Waals surface area (Å²) in [5.41, 5.74) is 0. The third kappa shape index (κ3) is 57.9. The number of unbranched alkanes of at least 4 members (excludes halogenated alkanes) is 33. The third-order valence-corrected chi connectivity index (χ3v) is 13.2. The van der Waals surface area contributed by atoms with E-state index in [0.29, 0.717) is 19.4 Å². The molecule has 0 radical (unpaired) electrons. The molecular formula is C65H116O5. The zero-order valence-electron chi connectivity index (χ0n) is 46.8. The minimum Gasteiger partial charge on any atom is -0.462 e. The van der Waals surface area contributed by atoms with E-state index in [1.165, 1.54) is 186 Å². The molecule has 0 bridgehead atoms. The zero-order chi connectivity index (χ0) is 50.6. The first-order valence-electron chi connectivity index (χ1n) is 30.5. The van der Waals surface area contributed by atoms with Crippen LogP contribution in [0, 0.1) is 0 Å². The Balaban J connectivity index is 4.30. The summed E-state index contributed by atoms with van der Waals surface area (Å²) in [5.74, 6) is -0.409. The van der Waals surface area contributed by atoms with Crippen LogP contribution >= 0.6 is 0 Å². The number of ether oxygens (including phenoxy) is 3. The fourth-order valence-corrected chi connectivity index (χ4v) is 8.67. The van der Waals surface area contributed by atoms with Crippen LogP contribution in [0.1, 0.15) is 303 Å². The summed E-state index contributed by atoms with van der Waals surface area (Å²) in [6.45, 7) is 7.72. The Morgan fingerprint density at radius 1 is 0.329 bits per heavy atom. The molecule has 0 heterocycles. The van der Waals surface area contributed by atoms with Crippen molar-refractivity contribution in [1.29, 1.82) is 0 Å². The van der Waals surface area contributed by atoms with Crippen molar-refractivity contribution in [2.45, 2.75) is 309 Å². The molecular weight excluding hydrogens is 861 g/mol. The number of allylic oxidation sites excluding steroid dienone is 12. The molecule has 5 heteroatoms. The van der Waals surface area contributed by atoms with Crippen LogP contribution in [0.3, 0.4) is 0 Å². The van der Waals surface area contributed by atoms with Crippen molar-refractivity contribution in [1.82, 2.24) is 0 Å². The van der Waals surface area contributed by atoms with Crippen LogP contribution in [0.15, 0.2) is 72.9 Å². The summed E-state index contributed by atoms with van der Waals surface area (Å²) in [7, 11) is 0. The molecule has 0 saturated heterocycles. The molecule has 1 atom stereocenters. The molecule has 0 N–H and O–H groups in total. The topological polar surface area (TPSA) is 61.8 Å². The summed E-state index contributed by atoms with van der Waals surface area (Å²) in [4.78, 5) is 25.6. The van der Waals surface area contributed by atoms with Gasteiger partial charge in [-0.25, -0.2) is 0 Å². The maximum Gasteiger partial charge on any atom is 0.306 e. The number of carbonyl (C=O) groups excluding carboxylic acids is 2. The third-order valence-electron chi connectivity index (χ3n) is 13.2. The molecule has 0 amide bonds. The fraction of sp³-hybridized carbons (Fsp3) is 0.785. The monoisotopic (exact) mass is 977 g/mol. The molecule has 0 aromatic carbocycles. The van der Waals surface area contributed by atoms with Crippen molar-refractivity contribution in [3.63, 3.8) is 0 Å². The number of rotatable bonds is 56. The molecule has 0 aliphatic carbocycles. The molecule has 406 valence electrons. The quantitative estimate of drug-likeness (QED) is 0.0345. The predicted octanol–water partition coefficient (Wildman–Crippen LogP) is 21.0. The summed E-state index contributed by atoms with van der Waals surface area (Å²) in [5, 5.41) is 0. The Labute approximate surface area is 436 Å². The van der Waals surface area contributed by atoms with Gasteiger partial charge in [-0.15, -0.1) is 0 Å². The van der Waals surface area contributed by atoms with Gasteiger partial charge in [-0.3, -0.25) is 9.59 Å². The molecule has 0 aliphatic heterocycles. The molecule has 0 aromatic rings. The van der Waals surface area contributed by atoms with Gasteiger partial charge in [0.25, 0.3) is 0 Å². The highest BCUT2D eigenvalue weighted by Gasteiger charge is 2.17. The number of carbonyl (C=O) groups is 2. The first kappa shape index (κ1) is 67.3. The molecule has 0 aliphatic rings. The average molecular weight is 978 g/mol. The number of hydrogen-bond donors (Lipinski definition) is 0. The standard InChI is InChI=1S/C65H116O5/c1-4-7-10-13-16-19-22-25-28-31-33-35-37-40-43-46-49-52-55-58-64(66)69-62-63(61-68-60-57-54-51-48-45-42-39-36-32-29-26-23-20-17-14-11-8-5-2)70-65(67)59-56-53-50-47-44-41-38-34-30-27-24-21-18-15-12-9-6-3/h7,10,16,19,25-30,33,35,63H,4-6,8-9,11-15,17-18,20-24,31-32,34,36-62H2,1-3H3/b10-7-,19-16-,28-25-,29-26-,30-27-,35-33-. The van der Waals surface area contributed by atoms with Gasteiger partial charge in [0.05, 0.1) is 6.61 Å². The van der Waals surface area contributed by atoms with Gasteiger partial charge >= 0.3 is 11.9 Å². The molecule has 0 fully saturated rings. The van der Waals surface area contributed by atoms with Crippen LogP contribution in [0.25, 0.3) is 0 Å². The largest absolute Gasteiger partial charge is 0.462 e. The van der Waals surface area contributed by atoms with Crippen molar-refractivity contribution in [2.75, 3.05) is 19.8 Å². The normalized spacial score (nSPS) is 12.7. The first-order valence-corrected chi connectivity index (χ1v) is 30.5. The Morgan fingerprint density at radius 2 is 0.643 bits per heavy atom. The van der Waals surface area contributed by atoms with Gasteiger partial charge in [0, 0.05) is 19.4 Å². The molecule has 0 spiro atoms. The van der Waals surface area contributed by atoms with E-state index in [0.717, 1.165) is 83.5 Å². The molecule has 0 saturated carbocycles. The molecule has 5 nitrogen and oxygen atoms in total. The highest BCUT2D eigenvalue weighted by atomic mass is 16.6. The predicted molar refractivity (Wildman–Crippen MR) is 307 cm³/mol. The second-order valence-electron chi connectivity index (χ2n) is 20.2. The van der Waals surface area contributed by atoms with Crippen LogP contribution in [0.2, 0.25) is 0 Å². The van der Waals surface area contributed by atoms with Gasteiger partial charge in [-0.2, -0.15) is 0 Å². The average Bonchev–Trinajstić information content (AvgIpc) is 3.36. The van der Waals surface area contributed by atoms with E-state index in [2.05, 4.69) is 93.7 Å². The van der Waals surface area contributed by atoms with Gasteiger partial charge in [0.2, 0.25) is 0 Å². The summed E-state index contributed by atoms with van der Waals surface area (Å²) >= 11 is 0. The highest BCUT2D eigenvalue weighted by molar-refractivity contribution is 5.70. The lowest BCUT2D eigenvalue weighted by Crippen LogP contribution is -2.30. The maximum absolute atomic E-state index is 12.9. The zero-order valence-corrected chi connectivity index (χ0v) is 46.8. The van der Waals surface area contributed by atoms with Gasteiger partial charge < -0.3 is 14.2 Å². The highest BCUT2D eigenvalue weighted by Crippen LogP contribution is 2.15. The van der Waals surface area contributed by atoms with E-state index in [1.807, 2.05) is 0 Å². The number of esters is 2. The van der Waals surface area contributed by atoms with E-state index in [1.54, 1.807) is 0 Å². The minimum absolute atomic E-state index is 0.0744. The van der Waals surface area contributed by atoms with Gasteiger partial charge in [0.15, 0.2) is 6.10 Å². The van der Waals surface area contributed by atoms with Crippen LogP contribution in [0.4, 0.5) is 0 Å². The van der Waals surface area contributed by atoms with Crippen LogP contribution in [-0.2, 0) is 23.8 Å². The van der Waals surface area contributed by atoms with Gasteiger partial charge in [-0.05, 0) is 109 Å². The van der Waals surface area contributed by atoms with E-state index in [9.17, 15) is 9.59 Å². The van der Waals surface area contributed by atoms with E-state index >= 15 is 0 Å². The fourth-order valence-electron chi connectivity index (χ4n) is 8.67. The van der Waals surface area contributed by atoms with Crippen LogP contribution in [0.5, 0.6) is 0 Å². The van der Waals surface area contributed by atoms with Crippen LogP contribution < -0.4 is 0 Å². The van der Waals surface area contributed by atoms with E-state index < -0.39 is 6.10 Å². The first-order chi connectivity index (χ1) is 34.6. The van der Waals surface area contributed by atoms with Crippen molar-refractivity contribution in [3.8, 4) is 0 Å². The van der Waals surface area contributed by atoms with Gasteiger partial charge in [-0.1, -0.05) is 254 Å². The Morgan fingerprint density at radius 3 is 1.04 bits per heavy atom. The summed E-state index contributed by atoms with van der Waals surface area (Å²) in [6, 6.07) is 0. The second kappa shape index (κ2) is 60.6. The Kier molecular flexibility index (Phi) is 58.3. The summed E-state index contributed by atoms with van der Waals surface area (Å²) < 4.78 is 17.5. The summed E-state index contributed by atoms with van der Waals surface area (Å²) in [6.07, 6.45) is 79.3. The van der Waals surface area contributed by atoms with Crippen molar-refractivity contribution < 1.29 is 23.8 Å². The molecule has 0 rings (SSSR count). The lowest BCUT2D eigenvalue weighted by Gasteiger charge is -2.18. The molecule has 70 heavy (non-hydrogen) atoms. The lowest BCUT2D eigenvalue weighted by atomic mass is 10.1. The smallest absolute Gasteiger partial charge is 0.306 e. The Bertz CT molecular complexity index is 1240. The van der Waals surface area contributed by atoms with Gasteiger partial charge in [0.1, 0.15) is 6.61 Å². The van der Waals surface area contributed by atoms with E-state index in [4.69, 9.17) is 14.2 Å². The van der Waals surface area contributed by atoms with E-state index in [-0.39, 0.29) is 25.2 Å². The second-order valence-corrected chi connectivity index (χ2v) is 20.2. The molecule has 1 unspecified atom stereocenters. The maximum atomic E-state index is 12.9. The van der Waals surface area contributed by atoms with Crippen LogP contribution in [-0.4, -0.2) is 37.9 Å². The SMILES string of the molecule is CC/C=C\C/C=C\C/C=C\C/C=C\CCCCCCCCC(=O)OCC(COCCCCCCCCCC/C=C\CCCCCCCC)OC(=O)CCCCCCCCC/C=C\CCCCCCCC. The lowest BCUT2D eigenvalue weighted by molar-refractivity contribution is -0.163. The molecule has 0 aromatic heterocycles. The minimum atomic E-state index is -0.549. The Hall–Kier alpha value is -2.66. The van der Waals surface area contributed by atoms with Crippen molar-refractivity contribution >= 4 is 11.9 Å². The van der Waals surface area contributed by atoms with Crippen molar-refractivity contribution in [3.05, 3.63) is 72.9 Å².